The van der Waals surface area contributed by atoms with Gasteiger partial charge in [-0.25, -0.2) is 0 Å². The smallest absolute Gasteiger partial charge is 0.270 e. The Bertz CT molecular complexity index is 786. The van der Waals surface area contributed by atoms with Crippen molar-refractivity contribution in [2.24, 2.45) is 0 Å². The summed E-state index contributed by atoms with van der Waals surface area (Å²) in [6, 6.07) is 7.71. The summed E-state index contributed by atoms with van der Waals surface area (Å²) in [5.41, 5.74) is 0.451. The van der Waals surface area contributed by atoms with Crippen LogP contribution in [0.4, 0.5) is 5.69 Å². The number of pyridine rings is 1. The van der Waals surface area contributed by atoms with E-state index >= 15 is 0 Å². The number of amides is 2. The van der Waals surface area contributed by atoms with Gasteiger partial charge in [-0.05, 0) is 51.1 Å². The van der Waals surface area contributed by atoms with E-state index in [0.717, 1.165) is 0 Å². The first-order valence-corrected chi connectivity index (χ1v) is 7.96. The molecule has 0 bridgehead atoms. The highest BCUT2D eigenvalue weighted by Crippen LogP contribution is 2.25. The van der Waals surface area contributed by atoms with Gasteiger partial charge in [-0.1, -0.05) is 23.2 Å². The first-order chi connectivity index (χ1) is 11.2. The molecule has 0 aliphatic heterocycles. The number of hydrogen-bond acceptors (Lipinski definition) is 3. The van der Waals surface area contributed by atoms with Crippen LogP contribution in [0.3, 0.4) is 0 Å². The highest BCUT2D eigenvalue weighted by atomic mass is 35.5. The Hall–Kier alpha value is -2.11. The summed E-state index contributed by atoms with van der Waals surface area (Å²) in [4.78, 5) is 28.5. The molecule has 2 N–H and O–H groups in total. The van der Waals surface area contributed by atoms with Crippen molar-refractivity contribution in [3.63, 3.8) is 0 Å². The molecule has 2 rings (SSSR count). The lowest BCUT2D eigenvalue weighted by Crippen LogP contribution is -2.41. The average molecular weight is 366 g/mol. The second-order valence-corrected chi connectivity index (χ2v) is 7.06. The first kappa shape index (κ1) is 18.2. The average Bonchev–Trinajstić information content (AvgIpc) is 2.49. The summed E-state index contributed by atoms with van der Waals surface area (Å²) < 4.78 is 0. The van der Waals surface area contributed by atoms with E-state index in [1.54, 1.807) is 18.2 Å². The molecule has 0 atom stereocenters. The minimum Gasteiger partial charge on any atom is -0.346 e. The van der Waals surface area contributed by atoms with Crippen LogP contribution in [0.15, 0.2) is 36.5 Å². The van der Waals surface area contributed by atoms with Crippen LogP contribution in [0.5, 0.6) is 0 Å². The molecule has 126 valence electrons. The molecule has 5 nitrogen and oxygen atoms in total. The fourth-order valence-electron chi connectivity index (χ4n) is 1.89. The van der Waals surface area contributed by atoms with E-state index < -0.39 is 11.4 Å². The quantitative estimate of drug-likeness (QED) is 0.857. The highest BCUT2D eigenvalue weighted by molar-refractivity contribution is 6.35. The van der Waals surface area contributed by atoms with E-state index in [2.05, 4.69) is 15.6 Å². The molecule has 2 aromatic rings. The third-order valence-electron chi connectivity index (χ3n) is 2.92. The Morgan fingerprint density at radius 3 is 2.42 bits per heavy atom. The van der Waals surface area contributed by atoms with Crippen molar-refractivity contribution < 1.29 is 9.59 Å². The summed E-state index contributed by atoms with van der Waals surface area (Å²) >= 11 is 11.9. The molecule has 0 aliphatic carbocycles. The van der Waals surface area contributed by atoms with Gasteiger partial charge >= 0.3 is 0 Å². The number of hydrogen-bond donors (Lipinski definition) is 2. The van der Waals surface area contributed by atoms with Gasteiger partial charge in [0, 0.05) is 22.3 Å². The number of halogens is 2. The monoisotopic (exact) mass is 365 g/mol. The molecule has 0 unspecified atom stereocenters. The Labute approximate surface area is 150 Å². The number of rotatable bonds is 3. The van der Waals surface area contributed by atoms with E-state index in [9.17, 15) is 9.59 Å². The van der Waals surface area contributed by atoms with E-state index in [1.165, 1.54) is 18.3 Å². The summed E-state index contributed by atoms with van der Waals surface area (Å²) in [6.07, 6.45) is 1.41. The predicted octanol–water partition coefficient (Wildman–Crippen LogP) is 4.17. The van der Waals surface area contributed by atoms with Crippen LogP contribution in [0.2, 0.25) is 10.0 Å². The molecule has 7 heteroatoms. The molecule has 0 fully saturated rings. The molecule has 0 radical (unpaired) electrons. The molecule has 0 saturated carbocycles. The van der Waals surface area contributed by atoms with Crippen molar-refractivity contribution in [3.8, 4) is 0 Å². The van der Waals surface area contributed by atoms with Gasteiger partial charge in [0.2, 0.25) is 0 Å². The lowest BCUT2D eigenvalue weighted by atomic mass is 10.1. The minimum absolute atomic E-state index is 0.162. The zero-order valence-electron chi connectivity index (χ0n) is 13.5. The van der Waals surface area contributed by atoms with Gasteiger partial charge in [0.05, 0.1) is 10.7 Å². The molecule has 1 aromatic carbocycles. The number of nitrogens with one attached hydrogen (secondary N) is 2. The summed E-state index contributed by atoms with van der Waals surface area (Å²) in [5.74, 6) is -0.760. The maximum atomic E-state index is 12.4. The number of anilines is 1. The van der Waals surface area contributed by atoms with Gasteiger partial charge in [0.1, 0.15) is 5.69 Å². The maximum absolute atomic E-state index is 12.4. The van der Waals surface area contributed by atoms with Gasteiger partial charge in [-0.15, -0.1) is 0 Å². The van der Waals surface area contributed by atoms with Gasteiger partial charge in [-0.3, -0.25) is 14.6 Å². The Morgan fingerprint density at radius 2 is 1.75 bits per heavy atom. The largest absolute Gasteiger partial charge is 0.346 e. The lowest BCUT2D eigenvalue weighted by molar-refractivity contribution is 0.0914. The summed E-state index contributed by atoms with van der Waals surface area (Å²) in [5, 5.41) is 6.28. The van der Waals surface area contributed by atoms with Gasteiger partial charge in [-0.2, -0.15) is 0 Å². The minimum atomic E-state index is -0.411. The van der Waals surface area contributed by atoms with E-state index in [-0.39, 0.29) is 11.6 Å². The van der Waals surface area contributed by atoms with Crippen LogP contribution >= 0.6 is 23.2 Å². The van der Waals surface area contributed by atoms with Gasteiger partial charge in [0.15, 0.2) is 0 Å². The first-order valence-electron chi connectivity index (χ1n) is 7.21. The molecular formula is C17H17Cl2N3O2. The van der Waals surface area contributed by atoms with E-state index in [0.29, 0.717) is 21.3 Å². The SMILES string of the molecule is CC(C)(C)NC(=O)c1cc(C(=O)Nc2cc(Cl)ccc2Cl)ccn1. The van der Waals surface area contributed by atoms with Crippen molar-refractivity contribution in [2.75, 3.05) is 5.32 Å². The topological polar surface area (TPSA) is 71.1 Å². The molecule has 24 heavy (non-hydrogen) atoms. The number of nitrogens with zero attached hydrogens (tertiary/aromatic N) is 1. The molecule has 2 amide bonds. The highest BCUT2D eigenvalue weighted by Gasteiger charge is 2.18. The number of benzene rings is 1. The zero-order valence-corrected chi connectivity index (χ0v) is 15.0. The van der Waals surface area contributed by atoms with Crippen LogP contribution < -0.4 is 10.6 Å². The second-order valence-electron chi connectivity index (χ2n) is 6.21. The van der Waals surface area contributed by atoms with Crippen molar-refractivity contribution in [1.29, 1.82) is 0 Å². The van der Waals surface area contributed by atoms with Crippen LogP contribution in [0, 0.1) is 0 Å². The molecule has 1 aromatic heterocycles. The second kappa shape index (κ2) is 7.20. The third kappa shape index (κ3) is 4.94. The molecule has 0 aliphatic rings. The molecule has 0 saturated heterocycles. The Morgan fingerprint density at radius 1 is 1.04 bits per heavy atom. The normalized spacial score (nSPS) is 11.0. The summed E-state index contributed by atoms with van der Waals surface area (Å²) in [7, 11) is 0. The van der Waals surface area contributed by atoms with Crippen LogP contribution in [0.1, 0.15) is 41.6 Å². The van der Waals surface area contributed by atoms with Crippen molar-refractivity contribution in [1.82, 2.24) is 10.3 Å². The fraction of sp³-hybridized carbons (Fsp3) is 0.235. The fourth-order valence-corrected chi connectivity index (χ4v) is 2.23. The lowest BCUT2D eigenvalue weighted by Gasteiger charge is -2.20. The standard InChI is InChI=1S/C17H17Cl2N3O2/c1-17(2,3)22-16(24)14-8-10(6-7-20-14)15(23)21-13-9-11(18)4-5-12(13)19/h4-9H,1-3H3,(H,21,23)(H,22,24). The van der Waals surface area contributed by atoms with E-state index in [4.69, 9.17) is 23.2 Å². The van der Waals surface area contributed by atoms with Crippen LogP contribution in [-0.4, -0.2) is 22.3 Å². The summed E-state index contributed by atoms with van der Waals surface area (Å²) in [6.45, 7) is 5.59. The molecule has 0 spiro atoms. The van der Waals surface area contributed by atoms with E-state index in [1.807, 2.05) is 20.8 Å². The zero-order chi connectivity index (χ0) is 17.9. The van der Waals surface area contributed by atoms with Gasteiger partial charge < -0.3 is 10.6 Å². The Kier molecular flexibility index (Phi) is 5.47. The van der Waals surface area contributed by atoms with Crippen molar-refractivity contribution in [2.45, 2.75) is 26.3 Å². The number of aromatic nitrogens is 1. The maximum Gasteiger partial charge on any atom is 0.270 e. The number of carbonyl (C=O) groups excluding carboxylic acids is 2. The predicted molar refractivity (Wildman–Crippen MR) is 95.9 cm³/mol. The van der Waals surface area contributed by atoms with Crippen LogP contribution in [-0.2, 0) is 0 Å². The molecule has 1 heterocycles. The van der Waals surface area contributed by atoms with Crippen LogP contribution in [0.25, 0.3) is 0 Å². The van der Waals surface area contributed by atoms with Gasteiger partial charge in [0.25, 0.3) is 11.8 Å². The van der Waals surface area contributed by atoms with Crippen molar-refractivity contribution in [3.05, 3.63) is 57.8 Å². The molecular weight excluding hydrogens is 349 g/mol. The Balaban J connectivity index is 2.20. The third-order valence-corrected chi connectivity index (χ3v) is 3.48. The van der Waals surface area contributed by atoms with Crippen molar-refractivity contribution >= 4 is 40.7 Å². The number of carbonyl (C=O) groups is 2.